The van der Waals surface area contributed by atoms with Crippen molar-refractivity contribution in [3.8, 4) is 0 Å². The molecule has 1 aliphatic heterocycles. The van der Waals surface area contributed by atoms with Crippen LogP contribution in [0.5, 0.6) is 0 Å². The van der Waals surface area contributed by atoms with Crippen LogP contribution in [-0.2, 0) is 4.79 Å². The number of carbonyl (C=O) groups excluding carboxylic acids is 1. The van der Waals surface area contributed by atoms with E-state index in [0.29, 0.717) is 11.8 Å². The molecular formula is C12H20F3N3O. The van der Waals surface area contributed by atoms with Crippen LogP contribution in [0.15, 0.2) is 0 Å². The fourth-order valence-electron chi connectivity index (χ4n) is 3.20. The second kappa shape index (κ2) is 5.66. The lowest BCUT2D eigenvalue weighted by Crippen LogP contribution is -2.41. The van der Waals surface area contributed by atoms with Gasteiger partial charge in [-0.2, -0.15) is 13.2 Å². The second-order valence-corrected chi connectivity index (χ2v) is 5.60. The molecule has 110 valence electrons. The number of rotatable bonds is 3. The average molecular weight is 279 g/mol. The van der Waals surface area contributed by atoms with Crippen LogP contribution < -0.4 is 11.1 Å². The standard InChI is InChI=1S/C12H20F3N3O/c13-12(14,15)7-17-11(19)6-18-4-8-2-1-3-10(16)9(8)5-18/h8-10H,1-7,16H2,(H,17,19). The predicted octanol–water partition coefficient (Wildman–Crippen LogP) is 0.724. The van der Waals surface area contributed by atoms with E-state index in [1.807, 2.05) is 10.2 Å². The van der Waals surface area contributed by atoms with Gasteiger partial charge in [0.05, 0.1) is 6.54 Å². The molecule has 1 saturated carbocycles. The lowest BCUT2D eigenvalue weighted by Gasteiger charge is -2.29. The van der Waals surface area contributed by atoms with E-state index in [-0.39, 0.29) is 12.6 Å². The van der Waals surface area contributed by atoms with E-state index in [9.17, 15) is 18.0 Å². The van der Waals surface area contributed by atoms with Crippen molar-refractivity contribution >= 4 is 5.91 Å². The van der Waals surface area contributed by atoms with E-state index in [4.69, 9.17) is 5.73 Å². The monoisotopic (exact) mass is 279 g/mol. The van der Waals surface area contributed by atoms with E-state index in [1.165, 1.54) is 0 Å². The third-order valence-corrected chi connectivity index (χ3v) is 4.08. The van der Waals surface area contributed by atoms with E-state index >= 15 is 0 Å². The molecule has 19 heavy (non-hydrogen) atoms. The minimum Gasteiger partial charge on any atom is -0.346 e. The first-order chi connectivity index (χ1) is 8.85. The molecule has 3 atom stereocenters. The van der Waals surface area contributed by atoms with Gasteiger partial charge >= 0.3 is 6.18 Å². The Kier molecular flexibility index (Phi) is 4.35. The summed E-state index contributed by atoms with van der Waals surface area (Å²) in [4.78, 5) is 13.4. The predicted molar refractivity (Wildman–Crippen MR) is 64.3 cm³/mol. The molecule has 2 rings (SSSR count). The first-order valence-corrected chi connectivity index (χ1v) is 6.66. The summed E-state index contributed by atoms with van der Waals surface area (Å²) in [5.41, 5.74) is 6.05. The lowest BCUT2D eigenvalue weighted by atomic mass is 9.78. The molecule has 4 nitrogen and oxygen atoms in total. The fourth-order valence-corrected chi connectivity index (χ4v) is 3.20. The normalized spacial score (nSPS) is 32.1. The van der Waals surface area contributed by atoms with E-state index < -0.39 is 18.6 Å². The first-order valence-electron chi connectivity index (χ1n) is 6.66. The van der Waals surface area contributed by atoms with Crippen LogP contribution in [-0.4, -0.2) is 49.2 Å². The Bertz CT molecular complexity index is 335. The minimum absolute atomic E-state index is 0.0375. The lowest BCUT2D eigenvalue weighted by molar-refractivity contribution is -0.138. The Morgan fingerprint density at radius 2 is 2.05 bits per heavy atom. The average Bonchev–Trinajstić information content (AvgIpc) is 2.69. The summed E-state index contributed by atoms with van der Waals surface area (Å²) in [6, 6.07) is 0.169. The zero-order valence-electron chi connectivity index (χ0n) is 10.7. The molecule has 2 aliphatic rings. The largest absolute Gasteiger partial charge is 0.405 e. The topological polar surface area (TPSA) is 58.4 Å². The molecule has 0 radical (unpaired) electrons. The van der Waals surface area contributed by atoms with Gasteiger partial charge in [0.15, 0.2) is 0 Å². The van der Waals surface area contributed by atoms with Gasteiger partial charge in [0.1, 0.15) is 6.54 Å². The Hall–Kier alpha value is -0.820. The van der Waals surface area contributed by atoms with Gasteiger partial charge < -0.3 is 11.1 Å². The number of amides is 1. The first kappa shape index (κ1) is 14.6. The Labute approximate surface area is 110 Å². The van der Waals surface area contributed by atoms with Crippen LogP contribution in [0, 0.1) is 11.8 Å². The van der Waals surface area contributed by atoms with Crippen LogP contribution in [0.3, 0.4) is 0 Å². The Morgan fingerprint density at radius 1 is 1.32 bits per heavy atom. The quantitative estimate of drug-likeness (QED) is 0.800. The summed E-state index contributed by atoms with van der Waals surface area (Å²) in [5.74, 6) is 0.327. The maximum absolute atomic E-state index is 12.0. The third kappa shape index (κ3) is 4.07. The molecule has 1 heterocycles. The number of carbonyl (C=O) groups is 1. The Morgan fingerprint density at radius 3 is 2.68 bits per heavy atom. The van der Waals surface area contributed by atoms with Crippen molar-refractivity contribution < 1.29 is 18.0 Å². The molecule has 0 aromatic rings. The van der Waals surface area contributed by atoms with Gasteiger partial charge in [0.25, 0.3) is 0 Å². The number of hydrogen-bond donors (Lipinski definition) is 2. The number of halogens is 3. The zero-order chi connectivity index (χ0) is 14.0. The molecule has 0 aromatic carbocycles. The molecule has 3 unspecified atom stereocenters. The van der Waals surface area contributed by atoms with Crippen molar-refractivity contribution in [1.82, 2.24) is 10.2 Å². The number of fused-ring (bicyclic) bond motifs is 1. The fraction of sp³-hybridized carbons (Fsp3) is 0.917. The summed E-state index contributed by atoms with van der Waals surface area (Å²) < 4.78 is 35.9. The highest BCUT2D eigenvalue weighted by molar-refractivity contribution is 5.78. The summed E-state index contributed by atoms with van der Waals surface area (Å²) in [7, 11) is 0. The third-order valence-electron chi connectivity index (χ3n) is 4.08. The van der Waals surface area contributed by atoms with Crippen molar-refractivity contribution in [1.29, 1.82) is 0 Å². The van der Waals surface area contributed by atoms with Crippen molar-refractivity contribution in [3.05, 3.63) is 0 Å². The number of nitrogens with one attached hydrogen (secondary N) is 1. The number of hydrogen-bond acceptors (Lipinski definition) is 3. The summed E-state index contributed by atoms with van der Waals surface area (Å²) >= 11 is 0. The van der Waals surface area contributed by atoms with Crippen LogP contribution in [0.1, 0.15) is 19.3 Å². The summed E-state index contributed by atoms with van der Waals surface area (Å²) in [6.45, 7) is 0.283. The van der Waals surface area contributed by atoms with Crippen LogP contribution in [0.4, 0.5) is 13.2 Å². The maximum Gasteiger partial charge on any atom is 0.405 e. The van der Waals surface area contributed by atoms with Crippen LogP contribution >= 0.6 is 0 Å². The SMILES string of the molecule is NC1CCCC2CN(CC(=O)NCC(F)(F)F)CC12. The summed E-state index contributed by atoms with van der Waals surface area (Å²) in [5, 5.41) is 1.91. The van der Waals surface area contributed by atoms with Gasteiger partial charge in [0, 0.05) is 19.1 Å². The van der Waals surface area contributed by atoms with Gasteiger partial charge in [-0.25, -0.2) is 0 Å². The molecule has 2 fully saturated rings. The zero-order valence-corrected chi connectivity index (χ0v) is 10.7. The van der Waals surface area contributed by atoms with E-state index in [0.717, 1.165) is 32.4 Å². The molecule has 1 aliphatic carbocycles. The molecular weight excluding hydrogens is 259 g/mol. The van der Waals surface area contributed by atoms with Crippen molar-refractivity contribution in [2.24, 2.45) is 17.6 Å². The van der Waals surface area contributed by atoms with Crippen LogP contribution in [0.25, 0.3) is 0 Å². The molecule has 7 heteroatoms. The van der Waals surface area contributed by atoms with Crippen LogP contribution in [0.2, 0.25) is 0 Å². The Balaban J connectivity index is 1.77. The highest BCUT2D eigenvalue weighted by Crippen LogP contribution is 2.35. The molecule has 0 aromatic heterocycles. The number of nitrogens with two attached hydrogens (primary N) is 1. The number of nitrogens with zero attached hydrogens (tertiary/aromatic N) is 1. The highest BCUT2D eigenvalue weighted by Gasteiger charge is 2.39. The second-order valence-electron chi connectivity index (χ2n) is 5.60. The van der Waals surface area contributed by atoms with Crippen molar-refractivity contribution in [2.45, 2.75) is 31.5 Å². The molecule has 3 N–H and O–H groups in total. The molecule has 1 amide bonds. The van der Waals surface area contributed by atoms with Gasteiger partial charge in [-0.05, 0) is 24.7 Å². The van der Waals surface area contributed by atoms with Crippen molar-refractivity contribution in [3.63, 3.8) is 0 Å². The molecule has 0 spiro atoms. The molecule has 0 bridgehead atoms. The van der Waals surface area contributed by atoms with E-state index in [2.05, 4.69) is 0 Å². The highest BCUT2D eigenvalue weighted by atomic mass is 19.4. The van der Waals surface area contributed by atoms with Gasteiger partial charge in [0.2, 0.25) is 5.91 Å². The smallest absolute Gasteiger partial charge is 0.346 e. The van der Waals surface area contributed by atoms with Gasteiger partial charge in [-0.3, -0.25) is 9.69 Å². The molecule has 1 saturated heterocycles. The van der Waals surface area contributed by atoms with Gasteiger partial charge in [-0.15, -0.1) is 0 Å². The van der Waals surface area contributed by atoms with Crippen molar-refractivity contribution in [2.75, 3.05) is 26.2 Å². The maximum atomic E-state index is 12.0. The van der Waals surface area contributed by atoms with Gasteiger partial charge in [-0.1, -0.05) is 6.42 Å². The van der Waals surface area contributed by atoms with E-state index in [1.54, 1.807) is 0 Å². The number of alkyl halides is 3. The summed E-state index contributed by atoms with van der Waals surface area (Å²) in [6.07, 6.45) is -1.12. The number of likely N-dealkylation sites (tertiary alicyclic amines) is 1. The minimum atomic E-state index is -4.35.